The molecule has 0 fully saturated rings. The van der Waals surface area contributed by atoms with Crippen molar-refractivity contribution in [2.75, 3.05) is 0 Å². The second-order valence-electron chi connectivity index (χ2n) is 2.62. The predicted molar refractivity (Wildman–Crippen MR) is 57.8 cm³/mol. The number of hydrogen-bond acceptors (Lipinski definition) is 0. The molecule has 0 aromatic heterocycles. The second kappa shape index (κ2) is 3.43. The van der Waals surface area contributed by atoms with E-state index >= 15 is 0 Å². The summed E-state index contributed by atoms with van der Waals surface area (Å²) in [6, 6.07) is 14.5. The Morgan fingerprint density at radius 2 is 1.67 bits per heavy atom. The van der Waals surface area contributed by atoms with Crippen LogP contribution in [0.15, 0.2) is 42.5 Å². The molecule has 2 heteroatoms. The first-order chi connectivity index (χ1) is 5.92. The van der Waals surface area contributed by atoms with Crippen LogP contribution in [-0.4, -0.2) is 0 Å². The van der Waals surface area contributed by atoms with Crippen LogP contribution >= 0.6 is 19.2 Å². The van der Waals surface area contributed by atoms with Gasteiger partial charge in [-0.2, -0.15) is 0 Å². The van der Waals surface area contributed by atoms with Crippen LogP contribution in [0.2, 0.25) is 0 Å². The van der Waals surface area contributed by atoms with Crippen molar-refractivity contribution in [3.05, 3.63) is 42.5 Å². The molecular weight excluding hydrogens is 187 g/mol. The van der Waals surface area contributed by atoms with E-state index in [1.165, 1.54) is 16.1 Å². The summed E-state index contributed by atoms with van der Waals surface area (Å²) in [4.78, 5) is 0. The molecule has 12 heavy (non-hydrogen) atoms. The molecule has 0 aliphatic rings. The molecular formula is C10H8ClP. The van der Waals surface area contributed by atoms with E-state index in [1.807, 2.05) is 18.2 Å². The summed E-state index contributed by atoms with van der Waals surface area (Å²) in [5, 5.41) is 3.77. The van der Waals surface area contributed by atoms with Gasteiger partial charge in [-0.15, -0.1) is 0 Å². The van der Waals surface area contributed by atoms with E-state index in [-0.39, 0.29) is 0 Å². The summed E-state index contributed by atoms with van der Waals surface area (Å²) in [6.07, 6.45) is 0. The Balaban J connectivity index is 2.79. The van der Waals surface area contributed by atoms with Crippen LogP contribution in [0.3, 0.4) is 0 Å². The van der Waals surface area contributed by atoms with Crippen molar-refractivity contribution in [2.45, 2.75) is 0 Å². The zero-order valence-corrected chi connectivity index (χ0v) is 8.18. The summed E-state index contributed by atoms with van der Waals surface area (Å²) in [7, 11) is 0.356. The second-order valence-corrected chi connectivity index (χ2v) is 3.92. The molecule has 0 saturated carbocycles. The maximum Gasteiger partial charge on any atom is 0.00723 e. The first kappa shape index (κ1) is 8.04. The molecule has 0 spiro atoms. The van der Waals surface area contributed by atoms with Crippen molar-refractivity contribution >= 4 is 35.3 Å². The largest absolute Gasteiger partial charge is 0.0948 e. The fourth-order valence-electron chi connectivity index (χ4n) is 1.31. The van der Waals surface area contributed by atoms with Gasteiger partial charge < -0.3 is 0 Å². The lowest BCUT2D eigenvalue weighted by molar-refractivity contribution is 1.78. The summed E-state index contributed by atoms with van der Waals surface area (Å²) < 4.78 is 0. The van der Waals surface area contributed by atoms with E-state index < -0.39 is 0 Å². The highest BCUT2D eigenvalue weighted by Gasteiger charge is 1.96. The van der Waals surface area contributed by atoms with Gasteiger partial charge >= 0.3 is 0 Å². The Morgan fingerprint density at radius 1 is 0.917 bits per heavy atom. The van der Waals surface area contributed by atoms with Gasteiger partial charge in [0.2, 0.25) is 0 Å². The Hall–Kier alpha value is -0.580. The molecule has 0 aliphatic carbocycles. The standard InChI is InChI=1S/C10H8ClP/c11-12-10-7-3-5-8-4-1-2-6-9(8)10/h1-7,12H. The number of benzene rings is 2. The Labute approximate surface area is 78.1 Å². The first-order valence-electron chi connectivity index (χ1n) is 3.76. The molecule has 0 heterocycles. The molecule has 2 aromatic carbocycles. The molecule has 0 amide bonds. The predicted octanol–water partition coefficient (Wildman–Crippen LogP) is 3.30. The summed E-state index contributed by atoms with van der Waals surface area (Å²) in [5.41, 5.74) is 0. The maximum absolute atomic E-state index is 5.83. The molecule has 0 nitrogen and oxygen atoms in total. The molecule has 0 radical (unpaired) electrons. The van der Waals surface area contributed by atoms with Gasteiger partial charge in [0, 0.05) is 7.93 Å². The quantitative estimate of drug-likeness (QED) is 0.611. The van der Waals surface area contributed by atoms with Gasteiger partial charge in [0.05, 0.1) is 0 Å². The van der Waals surface area contributed by atoms with Crippen LogP contribution in [-0.2, 0) is 0 Å². The monoisotopic (exact) mass is 194 g/mol. The highest BCUT2D eigenvalue weighted by Crippen LogP contribution is 2.22. The van der Waals surface area contributed by atoms with Gasteiger partial charge in [-0.05, 0) is 16.1 Å². The molecule has 0 bridgehead atoms. The lowest BCUT2D eigenvalue weighted by Crippen LogP contribution is -1.92. The van der Waals surface area contributed by atoms with E-state index in [2.05, 4.69) is 24.3 Å². The summed E-state index contributed by atoms with van der Waals surface area (Å²) >= 11 is 5.83. The van der Waals surface area contributed by atoms with Crippen molar-refractivity contribution in [3.8, 4) is 0 Å². The van der Waals surface area contributed by atoms with Crippen molar-refractivity contribution < 1.29 is 0 Å². The third-order valence-corrected chi connectivity index (χ3v) is 3.14. The average molecular weight is 195 g/mol. The van der Waals surface area contributed by atoms with Crippen LogP contribution in [0.4, 0.5) is 0 Å². The Bertz CT molecular complexity index is 392. The van der Waals surface area contributed by atoms with Gasteiger partial charge in [0.1, 0.15) is 0 Å². The van der Waals surface area contributed by atoms with Crippen molar-refractivity contribution in [1.29, 1.82) is 0 Å². The molecule has 2 rings (SSSR count). The van der Waals surface area contributed by atoms with Crippen molar-refractivity contribution in [2.24, 2.45) is 0 Å². The lowest BCUT2D eigenvalue weighted by atomic mass is 10.1. The van der Waals surface area contributed by atoms with Crippen molar-refractivity contribution in [1.82, 2.24) is 0 Å². The van der Waals surface area contributed by atoms with Gasteiger partial charge in [-0.1, -0.05) is 53.7 Å². The SMILES string of the molecule is ClPc1cccc2ccccc12. The molecule has 60 valence electrons. The van der Waals surface area contributed by atoms with Crippen molar-refractivity contribution in [3.63, 3.8) is 0 Å². The van der Waals surface area contributed by atoms with E-state index in [0.717, 1.165) is 0 Å². The minimum atomic E-state index is 0.356. The zero-order valence-electron chi connectivity index (χ0n) is 6.42. The fraction of sp³-hybridized carbons (Fsp3) is 0. The van der Waals surface area contributed by atoms with Crippen LogP contribution in [0, 0.1) is 0 Å². The number of rotatable bonds is 1. The first-order valence-corrected chi connectivity index (χ1v) is 5.77. The number of halogens is 1. The smallest absolute Gasteiger partial charge is 0.00723 e. The third-order valence-electron chi connectivity index (χ3n) is 1.89. The zero-order chi connectivity index (χ0) is 8.39. The average Bonchev–Trinajstić information content (AvgIpc) is 2.17. The number of hydrogen-bond donors (Lipinski definition) is 0. The topological polar surface area (TPSA) is 0 Å². The van der Waals surface area contributed by atoms with Gasteiger partial charge in [0.25, 0.3) is 0 Å². The number of fused-ring (bicyclic) bond motifs is 1. The van der Waals surface area contributed by atoms with E-state index in [1.54, 1.807) is 0 Å². The highest BCUT2D eigenvalue weighted by atomic mass is 35.7. The Kier molecular flexibility index (Phi) is 2.30. The molecule has 0 aliphatic heterocycles. The van der Waals surface area contributed by atoms with Crippen LogP contribution in [0.25, 0.3) is 10.8 Å². The minimum absolute atomic E-state index is 0.356. The molecule has 0 saturated heterocycles. The molecule has 2 aromatic rings. The van der Waals surface area contributed by atoms with E-state index in [4.69, 9.17) is 11.2 Å². The third kappa shape index (κ3) is 1.33. The van der Waals surface area contributed by atoms with Crippen LogP contribution in [0.1, 0.15) is 0 Å². The normalized spacial score (nSPS) is 11.4. The fourth-order valence-corrected chi connectivity index (χ4v) is 2.29. The van der Waals surface area contributed by atoms with Gasteiger partial charge in [-0.25, -0.2) is 0 Å². The van der Waals surface area contributed by atoms with Gasteiger partial charge in [-0.3, -0.25) is 0 Å². The summed E-state index contributed by atoms with van der Waals surface area (Å²) in [5.74, 6) is 0. The molecule has 1 unspecified atom stereocenters. The van der Waals surface area contributed by atoms with E-state index in [9.17, 15) is 0 Å². The minimum Gasteiger partial charge on any atom is -0.0948 e. The Morgan fingerprint density at radius 3 is 2.50 bits per heavy atom. The summed E-state index contributed by atoms with van der Waals surface area (Å²) in [6.45, 7) is 0. The highest BCUT2D eigenvalue weighted by molar-refractivity contribution is 7.75. The maximum atomic E-state index is 5.83. The van der Waals surface area contributed by atoms with E-state index in [0.29, 0.717) is 7.93 Å². The molecule has 1 atom stereocenters. The van der Waals surface area contributed by atoms with Gasteiger partial charge in [0.15, 0.2) is 0 Å². The molecule has 0 N–H and O–H groups in total. The van der Waals surface area contributed by atoms with Crippen LogP contribution in [0.5, 0.6) is 0 Å². The van der Waals surface area contributed by atoms with Crippen LogP contribution < -0.4 is 5.30 Å². The lowest BCUT2D eigenvalue weighted by Gasteiger charge is -2.01.